The summed E-state index contributed by atoms with van der Waals surface area (Å²) in [6, 6.07) is 0. The Labute approximate surface area is 136 Å². The summed E-state index contributed by atoms with van der Waals surface area (Å²) in [6.07, 6.45) is 0. The smallest absolute Gasteiger partial charge is 2.00 e. The van der Waals surface area contributed by atoms with Crippen LogP contribution in [0.15, 0.2) is 0 Å². The van der Waals surface area contributed by atoms with Gasteiger partial charge in [-0.3, -0.25) is 0 Å². The molecule has 0 radical (unpaired) electrons. The number of rotatable bonds is 2. The van der Waals surface area contributed by atoms with Crippen LogP contribution in [0.3, 0.4) is 0 Å². The van der Waals surface area contributed by atoms with Crippen LogP contribution in [0.1, 0.15) is 76.2 Å². The summed E-state index contributed by atoms with van der Waals surface area (Å²) in [4.78, 5) is 0. The predicted molar refractivity (Wildman–Crippen MR) is 84.5 cm³/mol. The van der Waals surface area contributed by atoms with Crippen molar-refractivity contribution in [3.05, 3.63) is 0 Å². The standard InChI is InChI=1S/4C4H9.Mg.Zn/c4*1-4(2)3;;/h3*1-3H3;4H,1H2,2-3H3;;/q;;;;+2;-2. The second-order valence-corrected chi connectivity index (χ2v) is 30.6. The molecule has 0 nitrogen and oxygen atoms in total. The van der Waals surface area contributed by atoms with Crippen LogP contribution < -0.4 is 0 Å². The molecule has 0 aliphatic carbocycles. The van der Waals surface area contributed by atoms with E-state index in [-0.39, 0.29) is 23.1 Å². The van der Waals surface area contributed by atoms with Crippen molar-refractivity contribution in [1.29, 1.82) is 0 Å². The molecule has 0 N–H and O–H groups in total. The van der Waals surface area contributed by atoms with Gasteiger partial charge in [0.15, 0.2) is 0 Å². The molecule has 0 spiro atoms. The van der Waals surface area contributed by atoms with E-state index in [1.54, 1.807) is 0 Å². The minimum atomic E-state index is -2.50. The molecule has 0 bridgehead atoms. The summed E-state index contributed by atoms with van der Waals surface area (Å²) in [5.74, 6) is 0.840. The Morgan fingerprint density at radius 2 is 0.889 bits per heavy atom. The fraction of sp³-hybridized carbons (Fsp3) is 1.00. The predicted octanol–water partition coefficient (Wildman–Crippen LogP) is 6.49. The van der Waals surface area contributed by atoms with E-state index < -0.39 is 14.8 Å². The molecule has 0 aromatic carbocycles. The van der Waals surface area contributed by atoms with Gasteiger partial charge in [-0.25, -0.2) is 0 Å². The van der Waals surface area contributed by atoms with E-state index in [4.69, 9.17) is 0 Å². The van der Waals surface area contributed by atoms with E-state index in [1.807, 2.05) is 0 Å². The first kappa shape index (κ1) is 21.7. The monoisotopic (exact) mass is 316 g/mol. The van der Waals surface area contributed by atoms with Crippen LogP contribution in [-0.2, 0) is 14.8 Å². The van der Waals surface area contributed by atoms with Crippen molar-refractivity contribution in [2.24, 2.45) is 5.92 Å². The molecule has 0 amide bonds. The van der Waals surface area contributed by atoms with Crippen LogP contribution >= 0.6 is 0 Å². The number of hydrogen-bond donors (Lipinski definition) is 0. The van der Waals surface area contributed by atoms with E-state index in [2.05, 4.69) is 76.2 Å². The van der Waals surface area contributed by atoms with Gasteiger partial charge in [0.2, 0.25) is 0 Å². The zero-order valence-electron chi connectivity index (χ0n) is 15.2. The fourth-order valence-corrected chi connectivity index (χ4v) is 36.1. The second-order valence-electron chi connectivity index (χ2n) is 10.6. The topological polar surface area (TPSA) is 0 Å². The summed E-state index contributed by atoms with van der Waals surface area (Å²) in [5.41, 5.74) is 0. The third kappa shape index (κ3) is 4.19. The Bertz CT molecular complexity index is 212. The summed E-state index contributed by atoms with van der Waals surface area (Å²) in [5, 5.41) is 1.51. The molecule has 0 rings (SSSR count). The zero-order valence-corrected chi connectivity index (χ0v) is 19.6. The molecule has 0 saturated carbocycles. The molecular formula is C16H36MgZn. The molecular weight excluding hydrogens is 282 g/mol. The maximum atomic E-state index is 2.52. The van der Waals surface area contributed by atoms with E-state index in [0.29, 0.717) is 12.0 Å². The average molecular weight is 318 g/mol. The molecule has 0 unspecified atom stereocenters. The Kier molecular flexibility index (Phi) is 7.76. The Hall–Kier alpha value is 1.39. The average Bonchev–Trinajstić information content (AvgIpc) is 1.91. The van der Waals surface area contributed by atoms with Gasteiger partial charge in [0.1, 0.15) is 0 Å². The third-order valence-electron chi connectivity index (χ3n) is 6.44. The quantitative estimate of drug-likeness (QED) is 0.511. The van der Waals surface area contributed by atoms with E-state index >= 15 is 0 Å². The molecule has 0 aliphatic rings. The van der Waals surface area contributed by atoms with Gasteiger partial charge in [-0.1, -0.05) is 0 Å². The molecule has 0 aromatic rings. The Morgan fingerprint density at radius 3 is 0.944 bits per heavy atom. The van der Waals surface area contributed by atoms with Crippen LogP contribution in [0.5, 0.6) is 0 Å². The first-order valence-corrected chi connectivity index (χ1v) is 14.2. The van der Waals surface area contributed by atoms with Gasteiger partial charge in [-0.2, -0.15) is 0 Å². The summed E-state index contributed by atoms with van der Waals surface area (Å²) < 4.78 is 1.60. The minimum Gasteiger partial charge on any atom is 2.00 e. The molecule has 0 atom stereocenters. The van der Waals surface area contributed by atoms with Gasteiger partial charge in [0.25, 0.3) is 0 Å². The molecule has 0 aliphatic heterocycles. The van der Waals surface area contributed by atoms with Gasteiger partial charge in [0, 0.05) is 0 Å². The van der Waals surface area contributed by atoms with Crippen LogP contribution in [0.4, 0.5) is 0 Å². The second kappa shape index (κ2) is 6.44. The SMILES string of the molecule is CC(C)[CH2][Zn-2]([C](C)(C)C)([C](C)(C)C)[C](C)(C)C.[Mg+2]. The Morgan fingerprint density at radius 1 is 0.667 bits per heavy atom. The van der Waals surface area contributed by atoms with Crippen LogP contribution in [0.2, 0.25) is 17.0 Å². The van der Waals surface area contributed by atoms with Gasteiger partial charge in [-0.05, 0) is 0 Å². The van der Waals surface area contributed by atoms with E-state index in [9.17, 15) is 0 Å². The van der Waals surface area contributed by atoms with Gasteiger partial charge >= 0.3 is 137 Å². The van der Waals surface area contributed by atoms with E-state index in [0.717, 1.165) is 5.92 Å². The van der Waals surface area contributed by atoms with Crippen molar-refractivity contribution in [3.8, 4) is 0 Å². The fourth-order valence-electron chi connectivity index (χ4n) is 6.94. The third-order valence-corrected chi connectivity index (χ3v) is 33.5. The van der Waals surface area contributed by atoms with Crippen molar-refractivity contribution in [2.45, 2.75) is 93.2 Å². The first-order chi connectivity index (χ1) is 7.17. The van der Waals surface area contributed by atoms with Crippen molar-refractivity contribution >= 4 is 23.1 Å². The normalized spacial score (nSPS) is 14.7. The first-order valence-electron chi connectivity index (χ1n) is 7.62. The van der Waals surface area contributed by atoms with Gasteiger partial charge in [0.05, 0.1) is 0 Å². The molecule has 0 aromatic heterocycles. The maximum absolute atomic E-state index is 2.52. The zero-order chi connectivity index (χ0) is 14.3. The summed E-state index contributed by atoms with van der Waals surface area (Å²) >= 11 is -2.50. The van der Waals surface area contributed by atoms with Crippen molar-refractivity contribution in [1.82, 2.24) is 0 Å². The largest absolute Gasteiger partial charge is 2.00 e. The molecule has 0 heterocycles. The summed E-state index contributed by atoms with van der Waals surface area (Å²) in [6.45, 7) is 27.5. The van der Waals surface area contributed by atoms with Crippen molar-refractivity contribution in [3.63, 3.8) is 0 Å². The summed E-state index contributed by atoms with van der Waals surface area (Å²) in [7, 11) is 0. The van der Waals surface area contributed by atoms with Crippen molar-refractivity contribution in [2.75, 3.05) is 0 Å². The van der Waals surface area contributed by atoms with Crippen molar-refractivity contribution < 1.29 is 14.8 Å². The van der Waals surface area contributed by atoms with Gasteiger partial charge in [-0.15, -0.1) is 0 Å². The molecule has 2 heteroatoms. The molecule has 104 valence electrons. The van der Waals surface area contributed by atoms with Crippen LogP contribution in [0, 0.1) is 5.92 Å². The van der Waals surface area contributed by atoms with Gasteiger partial charge < -0.3 is 0 Å². The molecule has 0 saturated heterocycles. The number of hydrogen-bond acceptors (Lipinski definition) is 0. The minimum absolute atomic E-state index is 0. The van der Waals surface area contributed by atoms with Crippen LogP contribution in [-0.4, -0.2) is 23.1 Å². The molecule has 18 heavy (non-hydrogen) atoms. The van der Waals surface area contributed by atoms with E-state index in [1.165, 1.54) is 5.02 Å². The molecule has 0 fully saturated rings. The van der Waals surface area contributed by atoms with Crippen LogP contribution in [0.25, 0.3) is 0 Å². The maximum Gasteiger partial charge on any atom is 2.00 e. The Balaban J connectivity index is 0.